The average Bonchev–Trinajstić information content (AvgIpc) is 2.77. The Morgan fingerprint density at radius 3 is 2.55 bits per heavy atom. The molecule has 1 aliphatic rings. The molecule has 0 atom stereocenters. The molecule has 0 spiro atoms. The van der Waals surface area contributed by atoms with E-state index in [2.05, 4.69) is 16.0 Å². The molecule has 31 heavy (non-hydrogen) atoms. The third kappa shape index (κ3) is 4.72. The zero-order valence-electron chi connectivity index (χ0n) is 18.0. The van der Waals surface area contributed by atoms with Gasteiger partial charge >= 0.3 is 0 Å². The van der Waals surface area contributed by atoms with Crippen molar-refractivity contribution in [2.24, 2.45) is 0 Å². The molecule has 0 saturated carbocycles. The summed E-state index contributed by atoms with van der Waals surface area (Å²) in [6.07, 6.45) is 0.733. The van der Waals surface area contributed by atoms with Gasteiger partial charge in [-0.15, -0.1) is 0 Å². The fraction of sp³-hybridized carbons (Fsp3) is 0.333. The number of nitrogens with zero attached hydrogens (tertiary/aromatic N) is 2. The minimum atomic E-state index is -0.0803. The molecule has 2 aromatic carbocycles. The quantitative estimate of drug-likeness (QED) is 0.569. The molecular formula is C24H28N4O3. The van der Waals surface area contributed by atoms with Gasteiger partial charge in [-0.25, -0.2) is 4.98 Å². The fourth-order valence-electron chi connectivity index (χ4n) is 3.85. The molecule has 0 saturated heterocycles. The van der Waals surface area contributed by atoms with Crippen molar-refractivity contribution >= 4 is 5.69 Å². The maximum atomic E-state index is 12.8. The lowest BCUT2D eigenvalue weighted by molar-refractivity contribution is 0.240. The normalized spacial score (nSPS) is 13.6. The molecule has 3 aromatic rings. The van der Waals surface area contributed by atoms with Crippen molar-refractivity contribution in [2.45, 2.75) is 33.4 Å². The first-order valence-electron chi connectivity index (χ1n) is 10.7. The highest BCUT2D eigenvalue weighted by Crippen LogP contribution is 2.29. The van der Waals surface area contributed by atoms with E-state index in [0.29, 0.717) is 31.3 Å². The standard InChI is InChI=1S/C24H28N4O3/c1-3-30-21-10-5-16(13-22(21)31-4-2)14-28-12-11-20-19(15-28)24(29)27-23(26-20)17-6-8-18(25)9-7-17/h5-10,13H,3-4,11-12,14-15,25H2,1-2H3,(H,26,27,29). The Morgan fingerprint density at radius 2 is 1.81 bits per heavy atom. The predicted molar refractivity (Wildman–Crippen MR) is 121 cm³/mol. The van der Waals surface area contributed by atoms with Crippen molar-refractivity contribution in [1.82, 2.24) is 14.9 Å². The summed E-state index contributed by atoms with van der Waals surface area (Å²) in [6.45, 7) is 7.22. The van der Waals surface area contributed by atoms with E-state index >= 15 is 0 Å². The minimum absolute atomic E-state index is 0.0803. The van der Waals surface area contributed by atoms with Gasteiger partial charge < -0.3 is 20.2 Å². The highest BCUT2D eigenvalue weighted by molar-refractivity contribution is 5.58. The highest BCUT2D eigenvalue weighted by atomic mass is 16.5. The molecule has 1 aliphatic heterocycles. The number of nitrogens with one attached hydrogen (secondary N) is 1. The van der Waals surface area contributed by atoms with Gasteiger partial charge in [0.2, 0.25) is 0 Å². The maximum Gasteiger partial charge on any atom is 0.255 e. The van der Waals surface area contributed by atoms with Crippen LogP contribution in [-0.2, 0) is 19.5 Å². The topological polar surface area (TPSA) is 93.5 Å². The highest BCUT2D eigenvalue weighted by Gasteiger charge is 2.22. The number of aromatic nitrogens is 2. The second kappa shape index (κ2) is 9.22. The number of benzene rings is 2. The number of nitrogens with two attached hydrogens (primary N) is 1. The Balaban J connectivity index is 1.52. The first-order valence-corrected chi connectivity index (χ1v) is 10.7. The molecule has 1 aromatic heterocycles. The first-order chi connectivity index (χ1) is 15.1. The summed E-state index contributed by atoms with van der Waals surface area (Å²) in [5.74, 6) is 2.10. The number of anilines is 1. The van der Waals surface area contributed by atoms with Gasteiger partial charge in [0.15, 0.2) is 11.5 Å². The van der Waals surface area contributed by atoms with Crippen LogP contribution < -0.4 is 20.8 Å². The zero-order valence-corrected chi connectivity index (χ0v) is 18.0. The number of nitrogen functional groups attached to an aromatic ring is 1. The molecule has 162 valence electrons. The van der Waals surface area contributed by atoms with Crippen LogP contribution in [0.4, 0.5) is 5.69 Å². The van der Waals surface area contributed by atoms with Crippen molar-refractivity contribution < 1.29 is 9.47 Å². The molecule has 7 nitrogen and oxygen atoms in total. The van der Waals surface area contributed by atoms with Crippen LogP contribution >= 0.6 is 0 Å². The lowest BCUT2D eigenvalue weighted by Crippen LogP contribution is -2.35. The second-order valence-corrected chi connectivity index (χ2v) is 7.57. The smallest absolute Gasteiger partial charge is 0.255 e. The average molecular weight is 421 g/mol. The van der Waals surface area contributed by atoms with E-state index in [9.17, 15) is 4.79 Å². The summed E-state index contributed by atoms with van der Waals surface area (Å²) in [6, 6.07) is 13.4. The number of aromatic amines is 1. The largest absolute Gasteiger partial charge is 0.490 e. The van der Waals surface area contributed by atoms with Gasteiger partial charge in [-0.1, -0.05) is 6.07 Å². The Hall–Kier alpha value is -3.32. The van der Waals surface area contributed by atoms with Gasteiger partial charge in [0.05, 0.1) is 24.5 Å². The number of H-pyrrole nitrogens is 1. The van der Waals surface area contributed by atoms with Crippen molar-refractivity contribution in [1.29, 1.82) is 0 Å². The molecule has 0 unspecified atom stereocenters. The summed E-state index contributed by atoms with van der Waals surface area (Å²) >= 11 is 0. The molecule has 2 heterocycles. The molecule has 7 heteroatoms. The van der Waals surface area contributed by atoms with Crippen molar-refractivity contribution in [3.8, 4) is 22.9 Å². The number of fused-ring (bicyclic) bond motifs is 1. The molecule has 3 N–H and O–H groups in total. The maximum absolute atomic E-state index is 12.8. The van der Waals surface area contributed by atoms with Gasteiger partial charge in [-0.3, -0.25) is 9.69 Å². The van der Waals surface area contributed by atoms with Crippen LogP contribution in [0.25, 0.3) is 11.4 Å². The molecule has 0 amide bonds. The van der Waals surface area contributed by atoms with E-state index in [4.69, 9.17) is 20.2 Å². The number of ether oxygens (including phenoxy) is 2. The second-order valence-electron chi connectivity index (χ2n) is 7.57. The lowest BCUT2D eigenvalue weighted by atomic mass is 10.0. The van der Waals surface area contributed by atoms with Gasteiger partial charge in [0.1, 0.15) is 5.82 Å². The Labute approximate surface area is 181 Å². The van der Waals surface area contributed by atoms with Crippen LogP contribution in [0, 0.1) is 0 Å². The Bertz CT molecular complexity index is 1110. The number of hydrogen-bond donors (Lipinski definition) is 2. The minimum Gasteiger partial charge on any atom is -0.490 e. The molecule has 0 bridgehead atoms. The lowest BCUT2D eigenvalue weighted by Gasteiger charge is -2.28. The molecule has 0 radical (unpaired) electrons. The Kier molecular flexibility index (Phi) is 6.23. The summed E-state index contributed by atoms with van der Waals surface area (Å²) in [7, 11) is 0. The van der Waals surface area contributed by atoms with Crippen molar-refractivity contribution in [3.63, 3.8) is 0 Å². The summed E-state index contributed by atoms with van der Waals surface area (Å²) in [4.78, 5) is 22.7. The van der Waals surface area contributed by atoms with E-state index in [-0.39, 0.29) is 5.56 Å². The first kappa shape index (κ1) is 20.9. The van der Waals surface area contributed by atoms with Crippen molar-refractivity contribution in [2.75, 3.05) is 25.5 Å². The summed E-state index contributed by atoms with van der Waals surface area (Å²) < 4.78 is 11.4. The van der Waals surface area contributed by atoms with Gasteiger partial charge in [0, 0.05) is 37.3 Å². The number of rotatable bonds is 7. The molecular weight excluding hydrogens is 392 g/mol. The summed E-state index contributed by atoms with van der Waals surface area (Å²) in [5, 5.41) is 0. The van der Waals surface area contributed by atoms with Gasteiger partial charge in [-0.05, 0) is 55.8 Å². The molecule has 4 rings (SSSR count). The summed E-state index contributed by atoms with van der Waals surface area (Å²) in [5.41, 5.74) is 9.95. The van der Waals surface area contributed by atoms with Gasteiger partial charge in [-0.2, -0.15) is 0 Å². The van der Waals surface area contributed by atoms with Crippen LogP contribution in [0.3, 0.4) is 0 Å². The zero-order chi connectivity index (χ0) is 21.8. The number of hydrogen-bond acceptors (Lipinski definition) is 6. The van der Waals surface area contributed by atoms with E-state index in [1.165, 1.54) is 0 Å². The molecule has 0 fully saturated rings. The third-order valence-electron chi connectivity index (χ3n) is 5.35. The van der Waals surface area contributed by atoms with Crippen LogP contribution in [0.1, 0.15) is 30.7 Å². The van der Waals surface area contributed by atoms with E-state index < -0.39 is 0 Å². The predicted octanol–water partition coefficient (Wildman–Crippen LogP) is 3.37. The van der Waals surface area contributed by atoms with Gasteiger partial charge in [0.25, 0.3) is 5.56 Å². The molecule has 0 aliphatic carbocycles. The van der Waals surface area contributed by atoms with Crippen LogP contribution in [-0.4, -0.2) is 34.6 Å². The van der Waals surface area contributed by atoms with Crippen molar-refractivity contribution in [3.05, 3.63) is 69.6 Å². The third-order valence-corrected chi connectivity index (χ3v) is 5.35. The SMILES string of the molecule is CCOc1ccc(CN2CCc3nc(-c4ccc(N)cc4)[nH]c(=O)c3C2)cc1OCC. The fourth-order valence-corrected chi connectivity index (χ4v) is 3.85. The monoisotopic (exact) mass is 420 g/mol. The Morgan fingerprint density at radius 1 is 1.06 bits per heavy atom. The van der Waals surface area contributed by atoms with Crippen LogP contribution in [0.2, 0.25) is 0 Å². The van der Waals surface area contributed by atoms with E-state index in [0.717, 1.165) is 53.4 Å². The van der Waals surface area contributed by atoms with Crippen LogP contribution in [0.5, 0.6) is 11.5 Å². The van der Waals surface area contributed by atoms with Crippen LogP contribution in [0.15, 0.2) is 47.3 Å². The van der Waals surface area contributed by atoms with E-state index in [1.54, 1.807) is 0 Å². The van der Waals surface area contributed by atoms with E-state index in [1.807, 2.05) is 50.2 Å².